The summed E-state index contributed by atoms with van der Waals surface area (Å²) >= 11 is 3.41. The molecule has 0 unspecified atom stereocenters. The van der Waals surface area contributed by atoms with Crippen LogP contribution < -0.4 is 5.32 Å². The first-order valence-corrected chi connectivity index (χ1v) is 5.91. The number of amides is 1. The normalized spacial score (nSPS) is 10.3. The van der Waals surface area contributed by atoms with Crippen LogP contribution in [0.4, 0.5) is 5.69 Å². The van der Waals surface area contributed by atoms with E-state index in [1.807, 2.05) is 32.2 Å². The second kappa shape index (κ2) is 4.71. The molecule has 0 aliphatic rings. The first kappa shape index (κ1) is 11.9. The van der Waals surface area contributed by atoms with Gasteiger partial charge in [0.1, 0.15) is 5.69 Å². The van der Waals surface area contributed by atoms with Crippen molar-refractivity contribution in [3.8, 4) is 0 Å². The maximum absolute atomic E-state index is 11.9. The lowest BCUT2D eigenvalue weighted by Crippen LogP contribution is -2.12. The number of nitrogens with zero attached hydrogens (tertiary/aromatic N) is 2. The van der Waals surface area contributed by atoms with Crippen molar-refractivity contribution in [3.05, 3.63) is 46.5 Å². The number of anilines is 1. The lowest BCUT2D eigenvalue weighted by atomic mass is 10.2. The lowest BCUT2D eigenvalue weighted by Gasteiger charge is -2.06. The van der Waals surface area contributed by atoms with Crippen LogP contribution in [0.25, 0.3) is 0 Å². The topological polar surface area (TPSA) is 46.9 Å². The predicted molar refractivity (Wildman–Crippen MR) is 70.0 cm³/mol. The minimum absolute atomic E-state index is 0.213. The number of carbonyl (C=O) groups is 1. The Bertz CT molecular complexity index is 563. The zero-order chi connectivity index (χ0) is 12.4. The molecule has 2 aromatic rings. The molecule has 0 atom stereocenters. The molecule has 1 aromatic carbocycles. The van der Waals surface area contributed by atoms with Crippen molar-refractivity contribution < 1.29 is 4.79 Å². The summed E-state index contributed by atoms with van der Waals surface area (Å²) in [5.41, 5.74) is 2.28. The molecule has 88 valence electrons. The number of imidazole rings is 1. The van der Waals surface area contributed by atoms with Gasteiger partial charge in [-0.15, -0.1) is 0 Å². The third-order valence-corrected chi connectivity index (χ3v) is 2.97. The van der Waals surface area contributed by atoms with E-state index in [2.05, 4.69) is 26.2 Å². The average Bonchev–Trinajstić information content (AvgIpc) is 2.69. The summed E-state index contributed by atoms with van der Waals surface area (Å²) < 4.78 is 2.60. The quantitative estimate of drug-likeness (QED) is 0.925. The van der Waals surface area contributed by atoms with Gasteiger partial charge in [0, 0.05) is 17.7 Å². The maximum atomic E-state index is 11.9. The Morgan fingerprint density at radius 3 is 2.82 bits per heavy atom. The Hall–Kier alpha value is -1.62. The number of aromatic nitrogens is 2. The third kappa shape index (κ3) is 2.74. The highest BCUT2D eigenvalue weighted by atomic mass is 79.9. The van der Waals surface area contributed by atoms with E-state index in [1.54, 1.807) is 17.1 Å². The van der Waals surface area contributed by atoms with Crippen molar-refractivity contribution >= 4 is 27.5 Å². The molecule has 17 heavy (non-hydrogen) atoms. The van der Waals surface area contributed by atoms with Crippen molar-refractivity contribution in [1.82, 2.24) is 9.55 Å². The summed E-state index contributed by atoms with van der Waals surface area (Å²) in [7, 11) is 1.82. The monoisotopic (exact) mass is 293 g/mol. The van der Waals surface area contributed by atoms with E-state index in [1.165, 1.54) is 0 Å². The number of benzene rings is 1. The number of carbonyl (C=O) groups excluding carboxylic acids is 1. The minimum Gasteiger partial charge on any atom is -0.340 e. The highest BCUT2D eigenvalue weighted by Gasteiger charge is 2.10. The standard InChI is InChI=1S/C12H12BrN3O/c1-8-3-4-10(9(13)5-8)15-12(17)11-6-16(2)7-14-11/h3-7H,1-2H3,(H,15,17). The molecule has 0 radical (unpaired) electrons. The molecule has 1 heterocycles. The zero-order valence-corrected chi connectivity index (χ0v) is 11.2. The predicted octanol–water partition coefficient (Wildman–Crippen LogP) is 2.74. The molecule has 0 aliphatic heterocycles. The zero-order valence-electron chi connectivity index (χ0n) is 9.57. The molecule has 0 spiro atoms. The van der Waals surface area contributed by atoms with Gasteiger partial charge in [-0.3, -0.25) is 4.79 Å². The molecule has 0 aliphatic carbocycles. The van der Waals surface area contributed by atoms with Crippen molar-refractivity contribution in [1.29, 1.82) is 0 Å². The minimum atomic E-state index is -0.213. The summed E-state index contributed by atoms with van der Waals surface area (Å²) in [6.45, 7) is 2.00. The second-order valence-corrected chi connectivity index (χ2v) is 4.72. The number of hydrogen-bond donors (Lipinski definition) is 1. The Balaban J connectivity index is 2.18. The van der Waals surface area contributed by atoms with Crippen molar-refractivity contribution in [3.63, 3.8) is 0 Å². The smallest absolute Gasteiger partial charge is 0.275 e. The van der Waals surface area contributed by atoms with Crippen LogP contribution in [-0.2, 0) is 7.05 Å². The van der Waals surface area contributed by atoms with Gasteiger partial charge in [-0.1, -0.05) is 6.07 Å². The number of aryl methyl sites for hydroxylation is 2. The van der Waals surface area contributed by atoms with E-state index < -0.39 is 0 Å². The SMILES string of the molecule is Cc1ccc(NC(=O)c2cn(C)cn2)c(Br)c1. The van der Waals surface area contributed by atoms with Gasteiger partial charge in [0.2, 0.25) is 0 Å². The van der Waals surface area contributed by atoms with Gasteiger partial charge >= 0.3 is 0 Å². The van der Waals surface area contributed by atoms with E-state index in [9.17, 15) is 4.79 Å². The summed E-state index contributed by atoms with van der Waals surface area (Å²) in [6, 6.07) is 5.76. The van der Waals surface area contributed by atoms with Crippen LogP contribution >= 0.6 is 15.9 Å². The summed E-state index contributed by atoms with van der Waals surface area (Å²) in [4.78, 5) is 15.9. The molecule has 0 saturated heterocycles. The second-order valence-electron chi connectivity index (χ2n) is 3.86. The number of halogens is 1. The van der Waals surface area contributed by atoms with Gasteiger partial charge in [0.05, 0.1) is 12.0 Å². The van der Waals surface area contributed by atoms with Crippen LogP contribution in [0.15, 0.2) is 35.2 Å². The fourth-order valence-corrected chi connectivity index (χ4v) is 2.03. The van der Waals surface area contributed by atoms with E-state index >= 15 is 0 Å². The highest BCUT2D eigenvalue weighted by molar-refractivity contribution is 9.10. The first-order chi connectivity index (χ1) is 8.06. The molecule has 1 aromatic heterocycles. The summed E-state index contributed by atoms with van der Waals surface area (Å²) in [6.07, 6.45) is 3.27. The Morgan fingerprint density at radius 2 is 2.24 bits per heavy atom. The fraction of sp³-hybridized carbons (Fsp3) is 0.167. The largest absolute Gasteiger partial charge is 0.340 e. The van der Waals surface area contributed by atoms with Crippen LogP contribution in [0.3, 0.4) is 0 Å². The molecule has 0 fully saturated rings. The van der Waals surface area contributed by atoms with Gasteiger partial charge in [-0.05, 0) is 40.5 Å². The summed E-state index contributed by atoms with van der Waals surface area (Å²) in [5.74, 6) is -0.213. The van der Waals surface area contributed by atoms with E-state index in [0.717, 1.165) is 15.7 Å². The van der Waals surface area contributed by atoms with Crippen LogP contribution in [0, 0.1) is 6.92 Å². The van der Waals surface area contributed by atoms with Crippen molar-refractivity contribution in [2.45, 2.75) is 6.92 Å². The van der Waals surface area contributed by atoms with Gasteiger partial charge < -0.3 is 9.88 Å². The molecule has 0 bridgehead atoms. The van der Waals surface area contributed by atoms with Gasteiger partial charge in [0.25, 0.3) is 5.91 Å². The van der Waals surface area contributed by atoms with Crippen molar-refractivity contribution in [2.75, 3.05) is 5.32 Å². The van der Waals surface area contributed by atoms with Gasteiger partial charge in [-0.25, -0.2) is 4.98 Å². The summed E-state index contributed by atoms with van der Waals surface area (Å²) in [5, 5.41) is 2.81. The fourth-order valence-electron chi connectivity index (χ4n) is 1.44. The Kier molecular flexibility index (Phi) is 3.28. The molecule has 2 rings (SSSR count). The highest BCUT2D eigenvalue weighted by Crippen LogP contribution is 2.23. The van der Waals surface area contributed by atoms with Crippen LogP contribution in [-0.4, -0.2) is 15.5 Å². The molecule has 5 heteroatoms. The van der Waals surface area contributed by atoms with Gasteiger partial charge in [-0.2, -0.15) is 0 Å². The average molecular weight is 294 g/mol. The Labute approximate surface area is 108 Å². The van der Waals surface area contributed by atoms with Gasteiger partial charge in [0.15, 0.2) is 0 Å². The number of hydrogen-bond acceptors (Lipinski definition) is 2. The lowest BCUT2D eigenvalue weighted by molar-refractivity contribution is 0.102. The van der Waals surface area contributed by atoms with Crippen LogP contribution in [0.1, 0.15) is 16.1 Å². The third-order valence-electron chi connectivity index (χ3n) is 2.31. The van der Waals surface area contributed by atoms with E-state index in [-0.39, 0.29) is 5.91 Å². The van der Waals surface area contributed by atoms with E-state index in [0.29, 0.717) is 5.69 Å². The number of rotatable bonds is 2. The number of nitrogens with one attached hydrogen (secondary N) is 1. The maximum Gasteiger partial charge on any atom is 0.275 e. The molecule has 1 N–H and O–H groups in total. The van der Waals surface area contributed by atoms with E-state index in [4.69, 9.17) is 0 Å². The Morgan fingerprint density at radius 1 is 1.47 bits per heavy atom. The first-order valence-electron chi connectivity index (χ1n) is 5.12. The molecule has 4 nitrogen and oxygen atoms in total. The molecular weight excluding hydrogens is 282 g/mol. The molecular formula is C12H12BrN3O. The van der Waals surface area contributed by atoms with Crippen LogP contribution in [0.2, 0.25) is 0 Å². The molecule has 1 amide bonds. The van der Waals surface area contributed by atoms with Crippen molar-refractivity contribution in [2.24, 2.45) is 7.05 Å². The van der Waals surface area contributed by atoms with Crippen LogP contribution in [0.5, 0.6) is 0 Å². The molecule has 0 saturated carbocycles.